The second kappa shape index (κ2) is 10.6. The Morgan fingerprint density at radius 3 is 2.59 bits per heavy atom. The fraction of sp³-hybridized carbons (Fsp3) is 0.200. The van der Waals surface area contributed by atoms with Crippen LogP contribution in [-0.2, 0) is 6.54 Å². The van der Waals surface area contributed by atoms with Crippen LogP contribution >= 0.6 is 0 Å². The maximum atomic E-state index is 13.5. The fourth-order valence-electron chi connectivity index (χ4n) is 4.25. The van der Waals surface area contributed by atoms with E-state index in [9.17, 15) is 18.8 Å². The lowest BCUT2D eigenvalue weighted by atomic mass is 10.1. The Balaban J connectivity index is 1.31. The number of hydrogen-bond donors (Lipinski definition) is 4. The van der Waals surface area contributed by atoms with E-state index >= 15 is 0 Å². The van der Waals surface area contributed by atoms with Crippen molar-refractivity contribution in [1.82, 2.24) is 46.5 Å². The number of tetrazole rings is 1. The molecule has 0 unspecified atom stereocenters. The Kier molecular flexibility index (Phi) is 6.91. The Bertz CT molecular complexity index is 1560. The highest BCUT2D eigenvalue weighted by Crippen LogP contribution is 2.37. The Morgan fingerprint density at radius 2 is 1.87 bits per heavy atom. The molecule has 0 spiro atoms. The van der Waals surface area contributed by atoms with Crippen LogP contribution in [0.3, 0.4) is 0 Å². The van der Waals surface area contributed by atoms with E-state index in [1.54, 1.807) is 37.3 Å². The van der Waals surface area contributed by atoms with Crippen LogP contribution in [0.25, 0.3) is 11.4 Å². The van der Waals surface area contributed by atoms with Crippen LogP contribution in [0, 0.1) is 12.7 Å². The fourth-order valence-corrected chi connectivity index (χ4v) is 4.25. The van der Waals surface area contributed by atoms with Gasteiger partial charge < -0.3 is 16.0 Å². The maximum absolute atomic E-state index is 13.5. The summed E-state index contributed by atoms with van der Waals surface area (Å²) in [6.45, 7) is 1.97. The predicted molar refractivity (Wildman–Crippen MR) is 136 cm³/mol. The summed E-state index contributed by atoms with van der Waals surface area (Å²) in [6.07, 6.45) is 1.13. The number of halogens is 1. The number of anilines is 1. The van der Waals surface area contributed by atoms with Gasteiger partial charge in [0.2, 0.25) is 5.82 Å². The van der Waals surface area contributed by atoms with Crippen LogP contribution < -0.4 is 20.9 Å². The van der Waals surface area contributed by atoms with Gasteiger partial charge in [-0.2, -0.15) is 5.21 Å². The zero-order valence-electron chi connectivity index (χ0n) is 20.9. The molecular weight excluding hydrogens is 507 g/mol. The maximum Gasteiger partial charge on any atom is 0.321 e. The molecule has 0 saturated carbocycles. The number of H-pyrrole nitrogens is 1. The van der Waals surface area contributed by atoms with Crippen LogP contribution in [0.5, 0.6) is 0 Å². The number of nitrogens with one attached hydrogen (secondary N) is 4. The van der Waals surface area contributed by atoms with Crippen molar-refractivity contribution < 1.29 is 18.8 Å². The summed E-state index contributed by atoms with van der Waals surface area (Å²) >= 11 is 0. The van der Waals surface area contributed by atoms with E-state index in [0.717, 1.165) is 11.9 Å². The van der Waals surface area contributed by atoms with Crippen LogP contribution in [-0.4, -0.2) is 62.0 Å². The second-order valence-corrected chi connectivity index (χ2v) is 8.76. The zero-order chi connectivity index (χ0) is 27.5. The topological polar surface area (TPSA) is 171 Å². The Morgan fingerprint density at radius 1 is 1.08 bits per heavy atom. The van der Waals surface area contributed by atoms with E-state index < -0.39 is 17.9 Å². The summed E-state index contributed by atoms with van der Waals surface area (Å²) in [5, 5.41) is 22.1. The van der Waals surface area contributed by atoms with E-state index in [1.807, 2.05) is 0 Å². The van der Waals surface area contributed by atoms with Gasteiger partial charge in [0.15, 0.2) is 0 Å². The van der Waals surface area contributed by atoms with E-state index in [4.69, 9.17) is 0 Å². The van der Waals surface area contributed by atoms with Crippen molar-refractivity contribution in [2.24, 2.45) is 0 Å². The quantitative estimate of drug-likeness (QED) is 0.292. The molecule has 5 rings (SSSR count). The minimum absolute atomic E-state index is 0.00227. The van der Waals surface area contributed by atoms with Crippen LogP contribution in [0.4, 0.5) is 14.9 Å². The van der Waals surface area contributed by atoms with Crippen molar-refractivity contribution in [3.8, 4) is 11.4 Å². The first-order valence-corrected chi connectivity index (χ1v) is 11.9. The van der Waals surface area contributed by atoms with Crippen molar-refractivity contribution in [2.75, 3.05) is 18.5 Å². The number of nitrogens with zero attached hydrogens (tertiary/aromatic N) is 6. The third kappa shape index (κ3) is 5.25. The van der Waals surface area contributed by atoms with Gasteiger partial charge >= 0.3 is 6.03 Å². The molecular formula is C25H23FN10O3. The van der Waals surface area contributed by atoms with E-state index in [2.05, 4.69) is 46.5 Å². The number of aryl methyl sites for hydroxylation is 1. The van der Waals surface area contributed by atoms with Crippen molar-refractivity contribution in [3.63, 3.8) is 0 Å². The molecule has 0 saturated heterocycles. The number of hydrogen-bond acceptors (Lipinski definition) is 8. The summed E-state index contributed by atoms with van der Waals surface area (Å²) in [4.78, 5) is 47.8. The van der Waals surface area contributed by atoms with Gasteiger partial charge in [-0.15, -0.1) is 10.2 Å². The van der Waals surface area contributed by atoms with E-state index in [0.29, 0.717) is 28.2 Å². The Labute approximate surface area is 221 Å². The van der Waals surface area contributed by atoms with Gasteiger partial charge in [0.25, 0.3) is 11.8 Å². The van der Waals surface area contributed by atoms with Gasteiger partial charge in [0, 0.05) is 30.8 Å². The number of carbonyl (C=O) groups excluding carboxylic acids is 3. The first-order chi connectivity index (χ1) is 18.8. The third-order valence-corrected chi connectivity index (χ3v) is 6.24. The molecule has 1 aliphatic heterocycles. The van der Waals surface area contributed by atoms with Gasteiger partial charge in [-0.05, 0) is 35.4 Å². The number of urea groups is 1. The number of fused-ring (bicyclic) bond motifs is 1. The number of amides is 4. The second-order valence-electron chi connectivity index (χ2n) is 8.76. The lowest BCUT2D eigenvalue weighted by Gasteiger charge is -2.17. The lowest BCUT2D eigenvalue weighted by molar-refractivity contribution is 0.0933. The molecule has 4 aromatic rings. The van der Waals surface area contributed by atoms with Gasteiger partial charge in [0.05, 0.1) is 18.3 Å². The molecule has 0 radical (unpaired) electrons. The van der Waals surface area contributed by atoms with E-state index in [1.165, 1.54) is 24.1 Å². The average Bonchev–Trinajstić information content (AvgIpc) is 3.62. The number of aromatic nitrogens is 6. The van der Waals surface area contributed by atoms with Crippen LogP contribution in [0.1, 0.15) is 43.7 Å². The third-order valence-electron chi connectivity index (χ3n) is 6.24. The molecule has 0 bridgehead atoms. The normalized spacial score (nSPS) is 14.0. The highest BCUT2D eigenvalue weighted by molar-refractivity contribution is 5.99. The molecule has 4 N–H and O–H groups in total. The smallest absolute Gasteiger partial charge is 0.321 e. The molecule has 0 aliphatic carbocycles. The van der Waals surface area contributed by atoms with Crippen molar-refractivity contribution in [3.05, 3.63) is 82.7 Å². The molecule has 3 heterocycles. The molecule has 2 aromatic carbocycles. The summed E-state index contributed by atoms with van der Waals surface area (Å²) in [5.74, 6) is -1.02. The molecule has 14 heteroatoms. The van der Waals surface area contributed by atoms with Gasteiger partial charge in [0.1, 0.15) is 23.5 Å². The first kappa shape index (κ1) is 25.4. The monoisotopic (exact) mass is 530 g/mol. The molecule has 4 amide bonds. The van der Waals surface area contributed by atoms with Crippen LogP contribution in [0.2, 0.25) is 0 Å². The molecule has 0 fully saturated rings. The molecule has 39 heavy (non-hydrogen) atoms. The summed E-state index contributed by atoms with van der Waals surface area (Å²) in [5.41, 5.74) is 3.11. The van der Waals surface area contributed by atoms with Crippen LogP contribution in [0.15, 0.2) is 48.8 Å². The molecule has 13 nitrogen and oxygen atoms in total. The number of carbonyl (C=O) groups is 3. The van der Waals surface area contributed by atoms with Gasteiger partial charge in [-0.1, -0.05) is 24.3 Å². The Hall–Kier alpha value is -5.27. The minimum atomic E-state index is -0.544. The highest BCUT2D eigenvalue weighted by Gasteiger charge is 2.34. The largest absolute Gasteiger partial charge is 0.347 e. The number of benzene rings is 2. The van der Waals surface area contributed by atoms with E-state index in [-0.39, 0.29) is 36.3 Å². The molecule has 2 aromatic heterocycles. The molecule has 198 valence electrons. The lowest BCUT2D eigenvalue weighted by Crippen LogP contribution is -2.40. The molecule has 1 atom stereocenters. The van der Waals surface area contributed by atoms with Crippen molar-refractivity contribution in [2.45, 2.75) is 19.5 Å². The number of rotatable bonds is 6. The average molecular weight is 531 g/mol. The summed E-state index contributed by atoms with van der Waals surface area (Å²) < 4.78 is 13.5. The minimum Gasteiger partial charge on any atom is -0.347 e. The van der Waals surface area contributed by atoms with Crippen molar-refractivity contribution in [1.29, 1.82) is 0 Å². The molecule has 1 aliphatic rings. The van der Waals surface area contributed by atoms with Crippen molar-refractivity contribution >= 4 is 23.5 Å². The SMILES string of the molecule is CNC(=O)N1C[C@@H](NC(=O)c2cc(C(=O)NCc3ccc(F)c(C)c3)ncn2)c2ccc(-c3nn[nH]n3)cc21. The summed E-state index contributed by atoms with van der Waals surface area (Å²) in [7, 11) is 1.52. The van der Waals surface area contributed by atoms with Gasteiger partial charge in [-0.3, -0.25) is 14.5 Å². The highest BCUT2D eigenvalue weighted by atomic mass is 19.1. The predicted octanol–water partition coefficient (Wildman–Crippen LogP) is 1.66. The standard InChI is InChI=1S/C25H23FN10O3/c1-13-7-14(3-6-17(13)26)10-28-23(37)18-9-19(30-12-29-18)24(38)31-20-11-36(25(39)27-2)21-8-15(4-5-16(20)21)22-32-34-35-33-22/h3-9,12,20H,10-11H2,1-2H3,(H,27,39)(H,28,37)(H,31,38)(H,32,33,34,35)/t20-/m1/s1. The first-order valence-electron chi connectivity index (χ1n) is 11.9. The number of aromatic amines is 1. The summed E-state index contributed by atoms with van der Waals surface area (Å²) in [6, 6.07) is 10.2. The van der Waals surface area contributed by atoms with Gasteiger partial charge in [-0.25, -0.2) is 19.2 Å². The zero-order valence-corrected chi connectivity index (χ0v) is 20.9.